The van der Waals surface area contributed by atoms with E-state index < -0.39 is 26.7 Å². The van der Waals surface area contributed by atoms with Crippen molar-refractivity contribution in [3.05, 3.63) is 0 Å². The second-order valence-electron chi connectivity index (χ2n) is 8.95. The van der Waals surface area contributed by atoms with Crippen LogP contribution in [0.3, 0.4) is 0 Å². The Morgan fingerprint density at radius 3 is 0.970 bits per heavy atom. The van der Waals surface area contributed by atoms with Crippen molar-refractivity contribution in [1.29, 1.82) is 0 Å². The fourth-order valence-electron chi connectivity index (χ4n) is 3.57. The number of hydrogen-bond donors (Lipinski definition) is 0. The summed E-state index contributed by atoms with van der Waals surface area (Å²) in [6, 6.07) is 0.206. The molecular weight excluding hydrogens is 436 g/mol. The molecule has 0 radical (unpaired) electrons. The number of unbranched alkanes of at least 4 members (excludes halogenated alkanes) is 12. The lowest BCUT2D eigenvalue weighted by atomic mass is 10.1. The zero-order chi connectivity index (χ0) is 24.8. The van der Waals surface area contributed by atoms with Crippen molar-refractivity contribution in [2.45, 2.75) is 149 Å². The molecule has 0 aromatic carbocycles. The summed E-state index contributed by atoms with van der Waals surface area (Å²) in [5, 5.41) is 0. The molecule has 0 bridgehead atoms. The van der Waals surface area contributed by atoms with Crippen LogP contribution in [0.4, 0.5) is 0 Å². The van der Waals surface area contributed by atoms with E-state index in [1.807, 2.05) is 0 Å². The third-order valence-corrected chi connectivity index (χ3v) is 8.18. The Hall–Kier alpha value is -1.37. The minimum absolute atomic E-state index is 0.206. The highest BCUT2D eigenvalue weighted by Crippen LogP contribution is 2.21. The molecule has 0 saturated heterocycles. The Kier molecular flexibility index (Phi) is 20.3. The van der Waals surface area contributed by atoms with Crippen molar-refractivity contribution in [1.82, 2.24) is 0 Å². The third kappa shape index (κ3) is 17.7. The van der Waals surface area contributed by atoms with Gasteiger partial charge in [0.1, 0.15) is 0 Å². The molecule has 194 valence electrons. The summed E-state index contributed by atoms with van der Waals surface area (Å²) < 4.78 is 16.9. The molecule has 0 atom stereocenters. The monoisotopic (exact) mass is 486 g/mol. The van der Waals surface area contributed by atoms with E-state index in [0.29, 0.717) is 0 Å². The van der Waals surface area contributed by atoms with Gasteiger partial charge in [-0.25, -0.2) is 0 Å². The van der Waals surface area contributed by atoms with Gasteiger partial charge in [0.25, 0.3) is 17.9 Å². The fraction of sp³-hybridized carbons (Fsp3) is 0.885. The Labute approximate surface area is 203 Å². The normalized spacial score (nSPS) is 11.3. The predicted octanol–water partition coefficient (Wildman–Crippen LogP) is 7.66. The van der Waals surface area contributed by atoms with Crippen LogP contribution < -0.4 is 0 Å². The van der Waals surface area contributed by atoms with Crippen molar-refractivity contribution in [2.24, 2.45) is 0 Å². The molecule has 0 rings (SSSR count). The van der Waals surface area contributed by atoms with E-state index in [9.17, 15) is 14.4 Å². The summed E-state index contributed by atoms with van der Waals surface area (Å²) in [5.74, 6) is -1.32. The van der Waals surface area contributed by atoms with Crippen LogP contribution >= 0.6 is 0 Å². The van der Waals surface area contributed by atoms with Crippen molar-refractivity contribution in [3.8, 4) is 0 Å². The average molecular weight is 487 g/mol. The smallest absolute Gasteiger partial charge is 0.455 e. The van der Waals surface area contributed by atoms with Crippen LogP contribution in [-0.4, -0.2) is 26.7 Å². The van der Waals surface area contributed by atoms with Crippen LogP contribution in [0.5, 0.6) is 0 Å². The summed E-state index contributed by atoms with van der Waals surface area (Å²) in [4.78, 5) is 37.5. The van der Waals surface area contributed by atoms with Gasteiger partial charge in [-0.05, 0) is 19.3 Å². The molecule has 7 heteroatoms. The first-order valence-electron chi connectivity index (χ1n) is 13.6. The number of rotatable bonds is 22. The minimum Gasteiger partial charge on any atom is -0.455 e. The second-order valence-corrected chi connectivity index (χ2v) is 11.6. The van der Waals surface area contributed by atoms with E-state index in [1.165, 1.54) is 0 Å². The zero-order valence-electron chi connectivity index (χ0n) is 21.9. The minimum atomic E-state index is -3.73. The highest BCUT2D eigenvalue weighted by molar-refractivity contribution is 6.65. The maximum atomic E-state index is 12.5. The summed E-state index contributed by atoms with van der Waals surface area (Å²) in [6.45, 7) is 8.19. The van der Waals surface area contributed by atoms with Crippen molar-refractivity contribution in [2.75, 3.05) is 0 Å². The van der Waals surface area contributed by atoms with Gasteiger partial charge >= 0.3 is 8.80 Å². The zero-order valence-corrected chi connectivity index (χ0v) is 22.9. The summed E-state index contributed by atoms with van der Waals surface area (Å²) in [5.41, 5.74) is 0. The van der Waals surface area contributed by atoms with Crippen molar-refractivity contribution in [3.63, 3.8) is 0 Å². The quantitative estimate of drug-likeness (QED) is 0.115. The van der Waals surface area contributed by atoms with Crippen LogP contribution in [0.25, 0.3) is 0 Å². The molecule has 0 heterocycles. The number of hydrogen-bond acceptors (Lipinski definition) is 6. The average Bonchev–Trinajstić information content (AvgIpc) is 2.78. The maximum Gasteiger partial charge on any atom is 0.704 e. The molecule has 6 nitrogen and oxygen atoms in total. The van der Waals surface area contributed by atoms with Gasteiger partial charge < -0.3 is 13.3 Å². The summed E-state index contributed by atoms with van der Waals surface area (Å²) >= 11 is 0. The van der Waals surface area contributed by atoms with Gasteiger partial charge in [0, 0.05) is 19.3 Å². The topological polar surface area (TPSA) is 78.9 Å². The van der Waals surface area contributed by atoms with Gasteiger partial charge in [-0.2, -0.15) is 0 Å². The van der Waals surface area contributed by atoms with Crippen LogP contribution in [0.15, 0.2) is 0 Å². The van der Waals surface area contributed by atoms with Crippen LogP contribution in [0.1, 0.15) is 143 Å². The molecule has 0 fully saturated rings. The summed E-state index contributed by atoms with van der Waals surface area (Å²) in [6.07, 6.45) is 15.9. The number of carbonyl (C=O) groups excluding carboxylic acids is 3. The highest BCUT2D eigenvalue weighted by Gasteiger charge is 2.51. The van der Waals surface area contributed by atoms with Gasteiger partial charge in [0.2, 0.25) is 0 Å². The predicted molar refractivity (Wildman–Crippen MR) is 135 cm³/mol. The molecule has 33 heavy (non-hydrogen) atoms. The molecule has 0 aliphatic heterocycles. The molecular formula is C26H50O6Si. The van der Waals surface area contributed by atoms with E-state index in [4.69, 9.17) is 13.3 Å². The highest BCUT2D eigenvalue weighted by atomic mass is 28.4. The molecule has 0 aromatic rings. The first kappa shape index (κ1) is 31.6. The Morgan fingerprint density at radius 1 is 0.455 bits per heavy atom. The molecule has 0 aliphatic rings. The van der Waals surface area contributed by atoms with Crippen LogP contribution in [-0.2, 0) is 27.7 Å². The van der Waals surface area contributed by atoms with Gasteiger partial charge in [0.15, 0.2) is 0 Å². The third-order valence-electron chi connectivity index (χ3n) is 5.69. The maximum absolute atomic E-state index is 12.5. The van der Waals surface area contributed by atoms with Crippen molar-refractivity contribution < 1.29 is 27.7 Å². The standard InChI is InChI=1S/C26H50O6Si/c1-5-9-12-15-18-21-24(27)30-33(8-4,31-25(28)22-19-16-13-10-6-2)32-26(29)23-20-17-14-11-7-3/h5-23H2,1-4H3. The molecule has 0 aliphatic carbocycles. The Balaban J connectivity index is 4.88. The molecule has 0 aromatic heterocycles. The van der Waals surface area contributed by atoms with E-state index >= 15 is 0 Å². The van der Waals surface area contributed by atoms with Crippen LogP contribution in [0, 0.1) is 0 Å². The molecule has 0 amide bonds. The molecule has 0 unspecified atom stereocenters. The fourth-order valence-corrected chi connectivity index (χ4v) is 5.48. The lowest BCUT2D eigenvalue weighted by Gasteiger charge is -2.27. The first-order valence-corrected chi connectivity index (χ1v) is 15.5. The second kappa shape index (κ2) is 21.2. The van der Waals surface area contributed by atoms with Crippen LogP contribution in [0.2, 0.25) is 6.04 Å². The summed E-state index contributed by atoms with van der Waals surface area (Å²) in [7, 11) is -3.73. The van der Waals surface area contributed by atoms with E-state index in [1.54, 1.807) is 6.92 Å². The van der Waals surface area contributed by atoms with Gasteiger partial charge in [-0.3, -0.25) is 14.4 Å². The first-order chi connectivity index (χ1) is 15.9. The molecule has 0 saturated carbocycles. The lowest BCUT2D eigenvalue weighted by Crippen LogP contribution is -2.49. The van der Waals surface area contributed by atoms with Crippen molar-refractivity contribution >= 4 is 26.7 Å². The van der Waals surface area contributed by atoms with Gasteiger partial charge in [0.05, 0.1) is 6.04 Å². The Morgan fingerprint density at radius 2 is 0.727 bits per heavy atom. The van der Waals surface area contributed by atoms with E-state index in [2.05, 4.69) is 20.8 Å². The van der Waals surface area contributed by atoms with E-state index in [0.717, 1.165) is 96.3 Å². The number of carbonyl (C=O) groups is 3. The largest absolute Gasteiger partial charge is 0.704 e. The SMILES string of the molecule is CCCCCCCC(=O)O[Si](CC)(OC(=O)CCCCCCC)OC(=O)CCCCCCC. The molecule has 0 N–H and O–H groups in total. The van der Waals surface area contributed by atoms with E-state index in [-0.39, 0.29) is 25.3 Å². The van der Waals surface area contributed by atoms with Gasteiger partial charge in [-0.15, -0.1) is 0 Å². The molecule has 0 spiro atoms. The lowest BCUT2D eigenvalue weighted by molar-refractivity contribution is -0.150. The van der Waals surface area contributed by atoms with Gasteiger partial charge in [-0.1, -0.05) is 105 Å². The Bertz CT molecular complexity index is 454.